The molecule has 0 aromatic carbocycles. The van der Waals surface area contributed by atoms with Gasteiger partial charge in [-0.05, 0) is 0 Å². The van der Waals surface area contributed by atoms with Crippen molar-refractivity contribution in [3.05, 3.63) is 20.8 Å². The first kappa shape index (κ1) is 6.53. The fourth-order valence-corrected chi connectivity index (χ4v) is 2.98. The third kappa shape index (κ3) is 1.73. The van der Waals surface area contributed by atoms with Gasteiger partial charge in [-0.25, -0.2) is 0 Å². The Morgan fingerprint density at radius 3 is 2.75 bits per heavy atom. The Morgan fingerprint density at radius 1 is 1.62 bits per heavy atom. The van der Waals surface area contributed by atoms with Crippen LogP contribution in [0.4, 0.5) is 0 Å². The van der Waals surface area contributed by atoms with Crippen LogP contribution in [0.1, 0.15) is 19.8 Å². The third-order valence-corrected chi connectivity index (χ3v) is 3.53. The van der Waals surface area contributed by atoms with Gasteiger partial charge in [0.15, 0.2) is 0 Å². The number of rotatable bonds is 0. The Labute approximate surface area is 66.6 Å². The van der Waals surface area contributed by atoms with Gasteiger partial charge >= 0.3 is 66.7 Å². The standard InChI is InChI=1S/C7H9.Hg/c1-7-5-3-2-4-6-7;/h5-6H,2-3H2,1H3;. The molecule has 0 N–H and O–H groups in total. The van der Waals surface area contributed by atoms with Crippen molar-refractivity contribution in [1.29, 1.82) is 0 Å². The van der Waals surface area contributed by atoms with Crippen LogP contribution in [0.2, 0.25) is 0 Å². The van der Waals surface area contributed by atoms with Crippen molar-refractivity contribution in [1.82, 2.24) is 0 Å². The molecular weight excluding hydrogens is 285 g/mol. The molecule has 0 radical (unpaired) electrons. The average molecular weight is 294 g/mol. The predicted molar refractivity (Wildman–Crippen MR) is 31.1 cm³/mol. The first-order chi connectivity index (χ1) is 3.79. The summed E-state index contributed by atoms with van der Waals surface area (Å²) >= 11 is 0.886. The Balaban J connectivity index is 2.69. The van der Waals surface area contributed by atoms with Crippen LogP contribution in [-0.4, -0.2) is 0 Å². The van der Waals surface area contributed by atoms with E-state index in [4.69, 9.17) is 0 Å². The molecule has 1 aliphatic carbocycles. The van der Waals surface area contributed by atoms with Crippen LogP contribution in [0.25, 0.3) is 0 Å². The van der Waals surface area contributed by atoms with Crippen molar-refractivity contribution >= 4 is 0 Å². The molecule has 0 nitrogen and oxygen atoms in total. The van der Waals surface area contributed by atoms with E-state index < -0.39 is 0 Å². The van der Waals surface area contributed by atoms with Crippen molar-refractivity contribution in [3.8, 4) is 0 Å². The molecule has 1 aliphatic rings. The molecular formula is C7H9Hg. The number of hydrogen-bond acceptors (Lipinski definition) is 0. The molecule has 1 rings (SSSR count). The fourth-order valence-electron chi connectivity index (χ4n) is 0.938. The monoisotopic (exact) mass is 295 g/mol. The van der Waals surface area contributed by atoms with E-state index >= 15 is 0 Å². The van der Waals surface area contributed by atoms with E-state index in [-0.39, 0.29) is 0 Å². The Hall–Kier alpha value is 0.415. The van der Waals surface area contributed by atoms with E-state index in [1.807, 2.05) is 0 Å². The summed E-state index contributed by atoms with van der Waals surface area (Å²) in [4.78, 5) is 0. The van der Waals surface area contributed by atoms with Crippen LogP contribution in [-0.2, 0) is 26.1 Å². The molecule has 0 saturated heterocycles. The van der Waals surface area contributed by atoms with Gasteiger partial charge in [-0.2, -0.15) is 0 Å². The van der Waals surface area contributed by atoms with Crippen LogP contribution in [0.3, 0.4) is 0 Å². The number of hydrogen-bond donors (Lipinski definition) is 0. The molecule has 0 heterocycles. The van der Waals surface area contributed by atoms with Gasteiger partial charge in [0, 0.05) is 0 Å². The summed E-state index contributed by atoms with van der Waals surface area (Å²) in [6.07, 6.45) is 7.30. The summed E-state index contributed by atoms with van der Waals surface area (Å²) < 4.78 is 1.71. The number of allylic oxidation sites excluding steroid dienone is 4. The molecule has 0 atom stereocenters. The molecule has 0 aromatic rings. The van der Waals surface area contributed by atoms with Gasteiger partial charge in [-0.1, -0.05) is 0 Å². The Kier molecular flexibility index (Phi) is 2.30. The van der Waals surface area contributed by atoms with Gasteiger partial charge in [0.05, 0.1) is 0 Å². The normalized spacial score (nSPS) is 19.9. The summed E-state index contributed by atoms with van der Waals surface area (Å²) in [7, 11) is 0. The SMILES string of the molecule is CC1=CCC[C]([Hg])=C1. The summed E-state index contributed by atoms with van der Waals surface area (Å²) in [6.45, 7) is 2.19. The molecule has 0 aliphatic heterocycles. The van der Waals surface area contributed by atoms with Crippen molar-refractivity contribution < 1.29 is 26.1 Å². The van der Waals surface area contributed by atoms with Gasteiger partial charge < -0.3 is 0 Å². The van der Waals surface area contributed by atoms with E-state index in [9.17, 15) is 0 Å². The second-order valence-electron chi connectivity index (χ2n) is 2.29. The van der Waals surface area contributed by atoms with E-state index in [2.05, 4.69) is 19.1 Å². The average Bonchev–Trinajstić information content (AvgIpc) is 1.64. The first-order valence-electron chi connectivity index (χ1n) is 2.98. The molecule has 0 amide bonds. The van der Waals surface area contributed by atoms with Crippen molar-refractivity contribution in [2.24, 2.45) is 0 Å². The van der Waals surface area contributed by atoms with Crippen LogP contribution in [0.15, 0.2) is 20.8 Å². The minimum atomic E-state index is 0.886. The van der Waals surface area contributed by atoms with Crippen molar-refractivity contribution in [3.63, 3.8) is 0 Å². The molecule has 39 valence electrons. The summed E-state index contributed by atoms with van der Waals surface area (Å²) in [5, 5.41) is 0. The Morgan fingerprint density at radius 2 is 2.38 bits per heavy atom. The minimum absolute atomic E-state index is 0.886. The van der Waals surface area contributed by atoms with Crippen molar-refractivity contribution in [2.45, 2.75) is 19.8 Å². The summed E-state index contributed by atoms with van der Waals surface area (Å²) in [5.74, 6) is 0. The van der Waals surface area contributed by atoms with Gasteiger partial charge in [-0.3, -0.25) is 0 Å². The van der Waals surface area contributed by atoms with Crippen molar-refractivity contribution in [2.75, 3.05) is 0 Å². The maximum atomic E-state index is 2.34. The van der Waals surface area contributed by atoms with Crippen LogP contribution < -0.4 is 0 Å². The maximum absolute atomic E-state index is 2.34. The van der Waals surface area contributed by atoms with Gasteiger partial charge in [-0.15, -0.1) is 0 Å². The summed E-state index contributed by atoms with van der Waals surface area (Å²) in [6, 6.07) is 0. The molecule has 0 saturated carbocycles. The van der Waals surface area contributed by atoms with Crippen LogP contribution >= 0.6 is 0 Å². The quantitative estimate of drug-likeness (QED) is 0.601. The summed E-state index contributed by atoms with van der Waals surface area (Å²) in [5.41, 5.74) is 1.47. The van der Waals surface area contributed by atoms with Crippen LogP contribution in [0.5, 0.6) is 0 Å². The second kappa shape index (κ2) is 2.81. The molecule has 0 bridgehead atoms. The van der Waals surface area contributed by atoms with Gasteiger partial charge in [0.2, 0.25) is 0 Å². The zero-order valence-electron chi connectivity index (χ0n) is 5.28. The topological polar surface area (TPSA) is 0 Å². The van der Waals surface area contributed by atoms with Gasteiger partial charge in [0.1, 0.15) is 0 Å². The van der Waals surface area contributed by atoms with Gasteiger partial charge in [0.25, 0.3) is 0 Å². The molecule has 0 aromatic heterocycles. The zero-order chi connectivity index (χ0) is 5.98. The predicted octanol–water partition coefficient (Wildman–Crippen LogP) is 2.16. The van der Waals surface area contributed by atoms with E-state index in [1.54, 1.807) is 3.08 Å². The fraction of sp³-hybridized carbons (Fsp3) is 0.429. The zero-order valence-corrected chi connectivity index (χ0v) is 10.8. The molecule has 0 fully saturated rings. The van der Waals surface area contributed by atoms with E-state index in [0.29, 0.717) is 0 Å². The molecule has 0 spiro atoms. The first-order valence-corrected chi connectivity index (χ1v) is 5.73. The molecule has 0 unspecified atom stereocenters. The molecule has 8 heavy (non-hydrogen) atoms. The van der Waals surface area contributed by atoms with Crippen LogP contribution in [0, 0.1) is 0 Å². The molecule has 1 heteroatoms. The second-order valence-corrected chi connectivity index (χ2v) is 5.82. The van der Waals surface area contributed by atoms with E-state index in [1.165, 1.54) is 18.4 Å². The van der Waals surface area contributed by atoms with E-state index in [0.717, 1.165) is 26.1 Å². The Bertz CT molecular complexity index is 142. The third-order valence-electron chi connectivity index (χ3n) is 1.36.